The quantitative estimate of drug-likeness (QED) is 0.428. The maximum Gasteiger partial charge on any atom is 0.273 e. The number of nitrogens with zero attached hydrogens (tertiary/aromatic N) is 1. The minimum atomic E-state index is -3.76. The summed E-state index contributed by atoms with van der Waals surface area (Å²) in [7, 11) is 6.93. The summed E-state index contributed by atoms with van der Waals surface area (Å²) >= 11 is 12.0. The molecule has 1 atom stereocenters. The number of anilines is 2. The van der Waals surface area contributed by atoms with Crippen LogP contribution in [0, 0.1) is 5.82 Å². The SMILES string of the molecule is [B]C1(O)c2cc(Cl)ccc2N(C(=O)c2ccc(NC(=O)c3cc(F)ccc3Cl)c(OC)c2)CCC1(F)F. The zero-order valence-electron chi connectivity index (χ0n) is 19.2. The molecule has 3 aromatic rings. The number of carbonyl (C=O) groups is 2. The standard InChI is InChI=1S/C25H18BCl2F3N2O4/c1-37-21-10-13(2-6-19(21)32-22(34)16-12-15(29)4-5-18(16)28)23(35)33-9-8-24(30,31)25(26,36)17-11-14(27)3-7-20(17)33/h2-7,10-12,36H,8-9H2,1H3,(H,32,34). The van der Waals surface area contributed by atoms with Crippen LogP contribution in [0.3, 0.4) is 0 Å². The molecule has 0 aromatic heterocycles. The highest BCUT2D eigenvalue weighted by Crippen LogP contribution is 2.46. The Morgan fingerprint density at radius 2 is 1.84 bits per heavy atom. The molecule has 0 bridgehead atoms. The molecule has 0 saturated heterocycles. The number of methoxy groups -OCH3 is 1. The number of benzene rings is 3. The van der Waals surface area contributed by atoms with E-state index in [9.17, 15) is 27.9 Å². The van der Waals surface area contributed by atoms with Gasteiger partial charge in [0.05, 0.1) is 23.4 Å². The number of alkyl halides is 2. The molecule has 12 heteroatoms. The second-order valence-corrected chi connectivity index (χ2v) is 9.18. The molecule has 1 aliphatic heterocycles. The zero-order valence-corrected chi connectivity index (χ0v) is 20.7. The normalized spacial score (nSPS) is 18.5. The lowest BCUT2D eigenvalue weighted by atomic mass is 9.70. The zero-order chi connectivity index (χ0) is 27.1. The second kappa shape index (κ2) is 9.93. The van der Waals surface area contributed by atoms with Crippen LogP contribution in [0.4, 0.5) is 24.5 Å². The number of halogens is 5. The molecule has 1 aliphatic rings. The Hall–Kier alpha value is -3.21. The summed E-state index contributed by atoms with van der Waals surface area (Å²) in [6.07, 6.45) is -0.919. The molecule has 0 aliphatic carbocycles. The Morgan fingerprint density at radius 1 is 1.11 bits per heavy atom. The van der Waals surface area contributed by atoms with Crippen LogP contribution in [0.15, 0.2) is 54.6 Å². The Labute approximate surface area is 221 Å². The van der Waals surface area contributed by atoms with E-state index in [-0.39, 0.29) is 38.3 Å². The first-order valence-corrected chi connectivity index (χ1v) is 11.6. The largest absolute Gasteiger partial charge is 0.495 e. The van der Waals surface area contributed by atoms with Crippen LogP contribution in [-0.4, -0.2) is 44.3 Å². The molecule has 2 N–H and O–H groups in total. The van der Waals surface area contributed by atoms with Gasteiger partial charge in [-0.15, -0.1) is 0 Å². The molecule has 0 fully saturated rings. The fraction of sp³-hybridized carbons (Fsp3) is 0.200. The highest BCUT2D eigenvalue weighted by molar-refractivity contribution is 6.34. The van der Waals surface area contributed by atoms with E-state index in [1.807, 2.05) is 0 Å². The molecule has 37 heavy (non-hydrogen) atoms. The van der Waals surface area contributed by atoms with Gasteiger partial charge >= 0.3 is 0 Å². The highest BCUT2D eigenvalue weighted by atomic mass is 35.5. The number of rotatable bonds is 4. The first-order chi connectivity index (χ1) is 17.4. The van der Waals surface area contributed by atoms with E-state index in [0.717, 1.165) is 23.1 Å². The number of carbonyl (C=O) groups excluding carboxylic acids is 2. The van der Waals surface area contributed by atoms with Gasteiger partial charge in [0.15, 0.2) is 0 Å². The minimum absolute atomic E-state index is 0.0289. The number of fused-ring (bicyclic) bond motifs is 1. The van der Waals surface area contributed by atoms with E-state index >= 15 is 0 Å². The van der Waals surface area contributed by atoms with Gasteiger partial charge in [0.2, 0.25) is 0 Å². The van der Waals surface area contributed by atoms with Gasteiger partial charge in [-0.2, -0.15) is 0 Å². The predicted molar refractivity (Wildman–Crippen MR) is 135 cm³/mol. The van der Waals surface area contributed by atoms with Crippen molar-refractivity contribution in [1.29, 1.82) is 0 Å². The van der Waals surface area contributed by atoms with Gasteiger partial charge in [0.25, 0.3) is 17.7 Å². The van der Waals surface area contributed by atoms with Crippen molar-refractivity contribution >= 4 is 54.2 Å². The Kier molecular flexibility index (Phi) is 7.20. The molecule has 0 saturated carbocycles. The van der Waals surface area contributed by atoms with Crippen LogP contribution in [-0.2, 0) is 5.50 Å². The average molecular weight is 549 g/mol. The highest BCUT2D eigenvalue weighted by Gasteiger charge is 2.53. The van der Waals surface area contributed by atoms with E-state index < -0.39 is 47.6 Å². The van der Waals surface area contributed by atoms with E-state index in [2.05, 4.69) is 5.32 Å². The van der Waals surface area contributed by atoms with Crippen LogP contribution in [0.1, 0.15) is 32.7 Å². The summed E-state index contributed by atoms with van der Waals surface area (Å²) in [5.74, 6) is -5.76. The Morgan fingerprint density at radius 3 is 2.54 bits per heavy atom. The predicted octanol–water partition coefficient (Wildman–Crippen LogP) is 5.39. The molecule has 1 unspecified atom stereocenters. The van der Waals surface area contributed by atoms with Gasteiger partial charge in [-0.3, -0.25) is 9.59 Å². The first kappa shape index (κ1) is 26.8. The molecule has 2 amide bonds. The van der Waals surface area contributed by atoms with Crippen molar-refractivity contribution in [2.75, 3.05) is 23.9 Å². The van der Waals surface area contributed by atoms with E-state index in [0.29, 0.717) is 0 Å². The third-order valence-electron chi connectivity index (χ3n) is 5.98. The third-order valence-corrected chi connectivity index (χ3v) is 6.55. The topological polar surface area (TPSA) is 78.9 Å². The molecular weight excluding hydrogens is 531 g/mol. The monoisotopic (exact) mass is 548 g/mol. The summed E-state index contributed by atoms with van der Waals surface area (Å²) in [6, 6.07) is 11.1. The van der Waals surface area contributed by atoms with Gasteiger partial charge in [0.1, 0.15) is 24.9 Å². The average Bonchev–Trinajstić information content (AvgIpc) is 2.92. The van der Waals surface area contributed by atoms with Gasteiger partial charge < -0.3 is 20.1 Å². The number of ether oxygens (including phenoxy) is 1. The van der Waals surface area contributed by atoms with Crippen LogP contribution in [0.25, 0.3) is 0 Å². The summed E-state index contributed by atoms with van der Waals surface area (Å²) in [6.45, 7) is -0.459. The minimum Gasteiger partial charge on any atom is -0.495 e. The van der Waals surface area contributed by atoms with Crippen molar-refractivity contribution in [3.8, 4) is 5.75 Å². The second-order valence-electron chi connectivity index (χ2n) is 8.33. The molecule has 4 rings (SSSR count). The molecule has 0 spiro atoms. The number of aliphatic hydroxyl groups is 1. The van der Waals surface area contributed by atoms with E-state index in [1.54, 1.807) is 0 Å². The first-order valence-electron chi connectivity index (χ1n) is 10.8. The molecule has 6 nitrogen and oxygen atoms in total. The van der Waals surface area contributed by atoms with Gasteiger partial charge in [-0.1, -0.05) is 23.2 Å². The van der Waals surface area contributed by atoms with Crippen LogP contribution in [0.2, 0.25) is 10.0 Å². The van der Waals surface area contributed by atoms with Crippen LogP contribution in [0.5, 0.6) is 5.75 Å². The lowest BCUT2D eigenvalue weighted by Crippen LogP contribution is -2.45. The fourth-order valence-electron chi connectivity index (χ4n) is 3.96. The van der Waals surface area contributed by atoms with Crippen molar-refractivity contribution in [1.82, 2.24) is 0 Å². The Balaban J connectivity index is 1.68. The molecular formula is C25H18BCl2F3N2O4. The van der Waals surface area contributed by atoms with Crippen LogP contribution < -0.4 is 15.0 Å². The maximum absolute atomic E-state index is 14.7. The lowest BCUT2D eigenvalue weighted by Gasteiger charge is -2.32. The smallest absolute Gasteiger partial charge is 0.273 e. The lowest BCUT2D eigenvalue weighted by molar-refractivity contribution is -0.140. The number of hydrogen-bond donors (Lipinski definition) is 2. The van der Waals surface area contributed by atoms with Crippen molar-refractivity contribution in [2.24, 2.45) is 0 Å². The van der Waals surface area contributed by atoms with E-state index in [1.165, 1.54) is 43.5 Å². The van der Waals surface area contributed by atoms with Gasteiger partial charge in [0, 0.05) is 34.8 Å². The number of hydrogen-bond acceptors (Lipinski definition) is 4. The summed E-state index contributed by atoms with van der Waals surface area (Å²) in [4.78, 5) is 27.1. The molecule has 3 aromatic carbocycles. The maximum atomic E-state index is 14.7. The van der Waals surface area contributed by atoms with Crippen molar-refractivity contribution in [2.45, 2.75) is 17.8 Å². The van der Waals surface area contributed by atoms with Crippen molar-refractivity contribution in [3.63, 3.8) is 0 Å². The molecule has 190 valence electrons. The van der Waals surface area contributed by atoms with Crippen molar-refractivity contribution < 1.29 is 32.6 Å². The summed E-state index contributed by atoms with van der Waals surface area (Å²) in [5.41, 5.74) is -3.43. The van der Waals surface area contributed by atoms with Gasteiger partial charge in [-0.05, 0) is 54.6 Å². The fourth-order valence-corrected chi connectivity index (χ4v) is 4.34. The van der Waals surface area contributed by atoms with Gasteiger partial charge in [-0.25, -0.2) is 13.2 Å². The Bertz CT molecular complexity index is 1400. The van der Waals surface area contributed by atoms with Crippen LogP contribution >= 0.6 is 23.2 Å². The number of amides is 2. The summed E-state index contributed by atoms with van der Waals surface area (Å²) in [5, 5.41) is 13.1. The van der Waals surface area contributed by atoms with E-state index in [4.69, 9.17) is 35.8 Å². The molecule has 1 heterocycles. The number of nitrogens with one attached hydrogen (secondary N) is 1. The molecule has 2 radical (unpaired) electrons. The van der Waals surface area contributed by atoms with Crippen molar-refractivity contribution in [3.05, 3.63) is 87.2 Å². The summed E-state index contributed by atoms with van der Waals surface area (Å²) < 4.78 is 48.3. The third kappa shape index (κ3) is 5.01.